The van der Waals surface area contributed by atoms with Gasteiger partial charge in [-0.15, -0.1) is 10.2 Å². The number of hydrogen-bond donors (Lipinski definition) is 1. The van der Waals surface area contributed by atoms with Crippen molar-refractivity contribution in [1.82, 2.24) is 15.5 Å². The number of benzene rings is 2. The van der Waals surface area contributed by atoms with E-state index in [0.29, 0.717) is 11.8 Å². The normalized spacial score (nSPS) is 17.3. The molecule has 0 saturated heterocycles. The molecule has 0 spiro atoms. The van der Waals surface area contributed by atoms with Gasteiger partial charge in [0.15, 0.2) is 0 Å². The molecule has 1 saturated carbocycles. The van der Waals surface area contributed by atoms with Crippen molar-refractivity contribution in [1.29, 1.82) is 0 Å². The molecule has 1 atom stereocenters. The van der Waals surface area contributed by atoms with Crippen LogP contribution in [0, 0.1) is 0 Å². The van der Waals surface area contributed by atoms with E-state index in [4.69, 9.17) is 4.42 Å². The molecule has 1 N–H and O–H groups in total. The fourth-order valence-corrected chi connectivity index (χ4v) is 3.95. The summed E-state index contributed by atoms with van der Waals surface area (Å²) in [5, 5.41) is 12.1. The fourth-order valence-electron chi connectivity index (χ4n) is 3.95. The Labute approximate surface area is 154 Å². The minimum Gasteiger partial charge on any atom is -0.419 e. The summed E-state index contributed by atoms with van der Waals surface area (Å²) in [5.74, 6) is 1.22. The summed E-state index contributed by atoms with van der Waals surface area (Å²) < 4.78 is 5.90. The van der Waals surface area contributed by atoms with Gasteiger partial charge in [-0.05, 0) is 37.5 Å². The van der Waals surface area contributed by atoms with Crippen molar-refractivity contribution < 1.29 is 4.42 Å². The first-order chi connectivity index (χ1) is 12.8. The van der Waals surface area contributed by atoms with Gasteiger partial charge >= 0.3 is 0 Å². The van der Waals surface area contributed by atoms with E-state index in [2.05, 4.69) is 52.8 Å². The van der Waals surface area contributed by atoms with Crippen LogP contribution in [-0.2, 0) is 5.41 Å². The van der Waals surface area contributed by atoms with Gasteiger partial charge in [-0.1, -0.05) is 61.4 Å². The Kier molecular flexibility index (Phi) is 4.85. The van der Waals surface area contributed by atoms with Crippen molar-refractivity contribution in [2.45, 2.75) is 44.1 Å². The number of nitrogens with zero attached hydrogens (tertiary/aromatic N) is 2. The summed E-state index contributed by atoms with van der Waals surface area (Å²) in [5.41, 5.74) is 2.61. The first-order valence-electron chi connectivity index (χ1n) is 9.45. The third-order valence-electron chi connectivity index (χ3n) is 5.53. The van der Waals surface area contributed by atoms with Crippen LogP contribution in [0.4, 0.5) is 0 Å². The van der Waals surface area contributed by atoms with Crippen LogP contribution in [0.3, 0.4) is 0 Å². The van der Waals surface area contributed by atoms with E-state index in [-0.39, 0.29) is 11.5 Å². The van der Waals surface area contributed by atoms with E-state index >= 15 is 0 Å². The van der Waals surface area contributed by atoms with Gasteiger partial charge in [0.1, 0.15) is 0 Å². The van der Waals surface area contributed by atoms with Crippen LogP contribution in [-0.4, -0.2) is 16.7 Å². The molecule has 4 rings (SSSR count). The second-order valence-corrected chi connectivity index (χ2v) is 7.27. The Morgan fingerprint density at radius 2 is 1.62 bits per heavy atom. The van der Waals surface area contributed by atoms with Gasteiger partial charge < -0.3 is 9.73 Å². The van der Waals surface area contributed by atoms with Crippen molar-refractivity contribution in [3.05, 3.63) is 72.1 Å². The van der Waals surface area contributed by atoms with Gasteiger partial charge in [0, 0.05) is 17.5 Å². The molecule has 4 heteroatoms. The first kappa shape index (κ1) is 17.0. The maximum absolute atomic E-state index is 5.90. The van der Waals surface area contributed by atoms with Gasteiger partial charge in [-0.3, -0.25) is 0 Å². The van der Waals surface area contributed by atoms with E-state index in [1.165, 1.54) is 31.2 Å². The second-order valence-electron chi connectivity index (χ2n) is 7.27. The molecule has 0 aliphatic heterocycles. The average Bonchev–Trinajstić information content (AvgIpc) is 3.38. The summed E-state index contributed by atoms with van der Waals surface area (Å²) in [6.45, 7) is 3.02. The van der Waals surface area contributed by atoms with Crippen molar-refractivity contribution in [3.8, 4) is 11.5 Å². The van der Waals surface area contributed by atoms with E-state index < -0.39 is 0 Å². The third kappa shape index (κ3) is 3.42. The molecule has 0 bridgehead atoms. The zero-order valence-corrected chi connectivity index (χ0v) is 15.2. The zero-order valence-electron chi connectivity index (χ0n) is 15.2. The molecule has 1 aromatic heterocycles. The standard InChI is InChI=1S/C22H25N3O/c1-17(20-24-25-21(26-20)18-10-4-2-5-11-18)23-16-22(14-8-9-15-22)19-12-6-3-7-13-19/h2-7,10-13,17,23H,8-9,14-16H2,1H3/t17-/m1/s1. The summed E-state index contributed by atoms with van der Waals surface area (Å²) >= 11 is 0. The molecule has 1 heterocycles. The largest absolute Gasteiger partial charge is 0.419 e. The fraction of sp³-hybridized carbons (Fsp3) is 0.364. The molecule has 1 aliphatic rings. The van der Waals surface area contributed by atoms with Gasteiger partial charge in [0.25, 0.3) is 0 Å². The Morgan fingerprint density at radius 1 is 0.962 bits per heavy atom. The Hall–Kier alpha value is -2.46. The highest BCUT2D eigenvalue weighted by atomic mass is 16.4. The highest BCUT2D eigenvalue weighted by Crippen LogP contribution is 2.40. The monoisotopic (exact) mass is 347 g/mol. The van der Waals surface area contributed by atoms with Crippen molar-refractivity contribution in [2.75, 3.05) is 6.54 Å². The molecule has 0 amide bonds. The lowest BCUT2D eigenvalue weighted by Crippen LogP contribution is -2.37. The van der Waals surface area contributed by atoms with Gasteiger partial charge in [-0.2, -0.15) is 0 Å². The first-order valence-corrected chi connectivity index (χ1v) is 9.45. The Morgan fingerprint density at radius 3 is 2.31 bits per heavy atom. The quantitative estimate of drug-likeness (QED) is 0.689. The summed E-state index contributed by atoms with van der Waals surface area (Å²) in [6.07, 6.45) is 5.05. The van der Waals surface area contributed by atoms with Crippen molar-refractivity contribution in [3.63, 3.8) is 0 Å². The smallest absolute Gasteiger partial charge is 0.247 e. The lowest BCUT2D eigenvalue weighted by Gasteiger charge is -2.31. The molecule has 1 fully saturated rings. The molecular weight excluding hydrogens is 322 g/mol. The molecule has 3 aromatic rings. The van der Waals surface area contributed by atoms with Gasteiger partial charge in [0.2, 0.25) is 11.8 Å². The number of rotatable bonds is 6. The minimum absolute atomic E-state index is 0.0288. The van der Waals surface area contributed by atoms with Crippen LogP contribution >= 0.6 is 0 Å². The van der Waals surface area contributed by atoms with E-state index in [9.17, 15) is 0 Å². The summed E-state index contributed by atoms with van der Waals surface area (Å²) in [6, 6.07) is 20.8. The predicted octanol–water partition coefficient (Wildman–Crippen LogP) is 4.90. The molecule has 134 valence electrons. The minimum atomic E-state index is 0.0288. The molecular formula is C22H25N3O. The van der Waals surface area contributed by atoms with Crippen LogP contribution in [0.25, 0.3) is 11.5 Å². The molecule has 1 aliphatic carbocycles. The van der Waals surface area contributed by atoms with Crippen molar-refractivity contribution >= 4 is 0 Å². The molecule has 0 radical (unpaired) electrons. The third-order valence-corrected chi connectivity index (χ3v) is 5.53. The molecule has 4 nitrogen and oxygen atoms in total. The number of hydrogen-bond acceptors (Lipinski definition) is 4. The molecule has 0 unspecified atom stereocenters. The van der Waals surface area contributed by atoms with E-state index in [0.717, 1.165) is 12.1 Å². The second kappa shape index (κ2) is 7.42. The lowest BCUT2D eigenvalue weighted by atomic mass is 9.78. The lowest BCUT2D eigenvalue weighted by molar-refractivity contribution is 0.352. The molecule has 26 heavy (non-hydrogen) atoms. The molecule has 2 aromatic carbocycles. The average molecular weight is 347 g/mol. The SMILES string of the molecule is C[C@@H](NCC1(c2ccccc2)CCCC1)c1nnc(-c2ccccc2)o1. The van der Waals surface area contributed by atoms with Crippen LogP contribution in [0.15, 0.2) is 65.1 Å². The van der Waals surface area contributed by atoms with E-state index in [1.54, 1.807) is 0 Å². The topological polar surface area (TPSA) is 51.0 Å². The summed E-state index contributed by atoms with van der Waals surface area (Å²) in [7, 11) is 0. The van der Waals surface area contributed by atoms with Gasteiger partial charge in [-0.25, -0.2) is 0 Å². The van der Waals surface area contributed by atoms with Crippen LogP contribution < -0.4 is 5.32 Å². The van der Waals surface area contributed by atoms with Crippen molar-refractivity contribution in [2.24, 2.45) is 0 Å². The maximum Gasteiger partial charge on any atom is 0.247 e. The van der Waals surface area contributed by atoms with Gasteiger partial charge in [0.05, 0.1) is 6.04 Å². The van der Waals surface area contributed by atoms with Crippen LogP contribution in [0.1, 0.15) is 50.1 Å². The zero-order chi connectivity index (χ0) is 17.8. The predicted molar refractivity (Wildman–Crippen MR) is 103 cm³/mol. The highest BCUT2D eigenvalue weighted by molar-refractivity contribution is 5.51. The van der Waals surface area contributed by atoms with E-state index in [1.807, 2.05) is 30.3 Å². The number of nitrogens with one attached hydrogen (secondary N) is 1. The van der Waals surface area contributed by atoms with Crippen LogP contribution in [0.5, 0.6) is 0 Å². The number of aromatic nitrogens is 2. The highest BCUT2D eigenvalue weighted by Gasteiger charge is 2.35. The summed E-state index contributed by atoms with van der Waals surface area (Å²) in [4.78, 5) is 0. The maximum atomic E-state index is 5.90. The Bertz CT molecular complexity index is 823. The Balaban J connectivity index is 1.46. The van der Waals surface area contributed by atoms with Crippen LogP contribution in [0.2, 0.25) is 0 Å².